The highest BCUT2D eigenvalue weighted by Crippen LogP contribution is 2.47. The third kappa shape index (κ3) is 4.29. The van der Waals surface area contributed by atoms with E-state index in [1.165, 1.54) is 80.2 Å². The maximum absolute atomic E-state index is 3.95. The fraction of sp³-hybridized carbons (Fsp3) is 0. The van der Waals surface area contributed by atoms with Crippen LogP contribution in [0.2, 0.25) is 0 Å². The molecule has 0 fully saturated rings. The van der Waals surface area contributed by atoms with Crippen LogP contribution in [0.4, 0.5) is 17.1 Å². The fourth-order valence-electron chi connectivity index (χ4n) is 8.84. The van der Waals surface area contributed by atoms with Crippen molar-refractivity contribution in [2.75, 3.05) is 4.90 Å². The Morgan fingerprint density at radius 2 is 1.11 bits per heavy atom. The number of hydrogen-bond donors (Lipinski definition) is 1. The summed E-state index contributed by atoms with van der Waals surface area (Å²) in [5.74, 6) is 0. The third-order valence-corrected chi connectivity index (χ3v) is 12.4. The quantitative estimate of drug-likeness (QED) is 0.177. The summed E-state index contributed by atoms with van der Waals surface area (Å²) in [6.07, 6.45) is 0. The largest absolute Gasteiger partial charge is 0.353 e. The van der Waals surface area contributed by atoms with Crippen LogP contribution in [0.3, 0.4) is 0 Å². The lowest BCUT2D eigenvalue weighted by Gasteiger charge is -2.26. The van der Waals surface area contributed by atoms with Gasteiger partial charge in [0.15, 0.2) is 0 Å². The first kappa shape index (κ1) is 29.7. The predicted molar refractivity (Wildman–Crippen MR) is 232 cm³/mol. The van der Waals surface area contributed by atoms with Crippen molar-refractivity contribution in [3.8, 4) is 16.8 Å². The van der Waals surface area contributed by atoms with Gasteiger partial charge in [0.25, 0.3) is 0 Å². The van der Waals surface area contributed by atoms with E-state index in [0.29, 0.717) is 0 Å². The number of hydrogen-bond acceptors (Lipinski definition) is 2. The molecule has 12 aromatic rings. The van der Waals surface area contributed by atoms with Gasteiger partial charge in [-0.25, -0.2) is 0 Å². The van der Waals surface area contributed by atoms with Gasteiger partial charge in [0.1, 0.15) is 0 Å². The standard InChI is InChI=1S/C50H31N3S/c1-3-11-31(12-4-1)32-21-23-36(24-22-32)52(37-25-26-40-39-15-7-9-17-44(39)53(45(40)30-37)35-13-5-2-6-14-35)38-27-33-19-20-34-28-42-41-16-8-10-18-46(41)54-50(42)49-48(34)47(33)43(29-38)51-49/h1-30,51H. The van der Waals surface area contributed by atoms with Gasteiger partial charge in [-0.3, -0.25) is 0 Å². The molecule has 3 heterocycles. The molecule has 0 aliphatic heterocycles. The van der Waals surface area contributed by atoms with Gasteiger partial charge in [0, 0.05) is 65.3 Å². The lowest BCUT2D eigenvalue weighted by Crippen LogP contribution is -2.10. The molecule has 0 radical (unpaired) electrons. The first-order valence-electron chi connectivity index (χ1n) is 18.4. The Hall–Kier alpha value is -6.88. The molecular formula is C50H31N3S. The summed E-state index contributed by atoms with van der Waals surface area (Å²) in [7, 11) is 0. The summed E-state index contributed by atoms with van der Waals surface area (Å²) in [5, 5.41) is 10.3. The topological polar surface area (TPSA) is 24.0 Å². The van der Waals surface area contributed by atoms with Crippen LogP contribution in [0.25, 0.3) is 91.4 Å². The number of rotatable bonds is 5. The fourth-order valence-corrected chi connectivity index (χ4v) is 10.0. The first-order valence-corrected chi connectivity index (χ1v) is 19.2. The van der Waals surface area contributed by atoms with Crippen LogP contribution in [0.5, 0.6) is 0 Å². The van der Waals surface area contributed by atoms with E-state index in [1.54, 1.807) is 0 Å². The Morgan fingerprint density at radius 3 is 1.94 bits per heavy atom. The molecule has 0 unspecified atom stereocenters. The maximum atomic E-state index is 3.95. The van der Waals surface area contributed by atoms with Crippen LogP contribution >= 0.6 is 11.3 Å². The zero-order chi connectivity index (χ0) is 35.3. The number of benzene rings is 9. The third-order valence-electron chi connectivity index (χ3n) is 11.2. The van der Waals surface area contributed by atoms with Gasteiger partial charge in [-0.2, -0.15) is 0 Å². The van der Waals surface area contributed by atoms with E-state index in [1.807, 2.05) is 11.3 Å². The van der Waals surface area contributed by atoms with Crippen LogP contribution in [-0.2, 0) is 0 Å². The summed E-state index contributed by atoms with van der Waals surface area (Å²) in [6.45, 7) is 0. The summed E-state index contributed by atoms with van der Waals surface area (Å²) < 4.78 is 5.04. The molecule has 0 amide bonds. The zero-order valence-corrected chi connectivity index (χ0v) is 29.9. The second-order valence-corrected chi connectivity index (χ2v) is 15.3. The van der Waals surface area contributed by atoms with Crippen LogP contribution in [0.15, 0.2) is 182 Å². The molecule has 0 saturated heterocycles. The lowest BCUT2D eigenvalue weighted by molar-refractivity contribution is 1.18. The van der Waals surface area contributed by atoms with Gasteiger partial charge in [0.2, 0.25) is 0 Å². The second kappa shape index (κ2) is 11.3. The number of nitrogens with zero attached hydrogens (tertiary/aromatic N) is 2. The molecule has 0 saturated carbocycles. The molecule has 0 spiro atoms. The SMILES string of the molecule is c1ccc(-c2ccc(N(c3cc4ccc5cc6c7ccccc7sc6c6[nH]c(c3)c4c56)c3ccc4c5ccccc5n(-c5ccccc5)c4c3)cc2)cc1. The average molecular weight is 706 g/mol. The van der Waals surface area contributed by atoms with Crippen LogP contribution in [-0.4, -0.2) is 9.55 Å². The van der Waals surface area contributed by atoms with Crippen molar-refractivity contribution in [3.05, 3.63) is 182 Å². The minimum atomic E-state index is 1.10. The van der Waals surface area contributed by atoms with Gasteiger partial charge in [0.05, 0.1) is 21.3 Å². The van der Waals surface area contributed by atoms with Gasteiger partial charge in [-0.15, -0.1) is 11.3 Å². The van der Waals surface area contributed by atoms with Crippen molar-refractivity contribution in [2.24, 2.45) is 0 Å². The molecule has 252 valence electrons. The molecule has 0 atom stereocenters. The molecule has 3 nitrogen and oxygen atoms in total. The molecule has 3 aromatic heterocycles. The molecule has 0 aliphatic rings. The van der Waals surface area contributed by atoms with Crippen molar-refractivity contribution in [2.45, 2.75) is 0 Å². The van der Waals surface area contributed by atoms with Gasteiger partial charge < -0.3 is 14.5 Å². The lowest BCUT2D eigenvalue weighted by atomic mass is 9.99. The van der Waals surface area contributed by atoms with Crippen molar-refractivity contribution in [1.29, 1.82) is 0 Å². The highest BCUT2D eigenvalue weighted by Gasteiger charge is 2.22. The second-order valence-electron chi connectivity index (χ2n) is 14.2. The summed E-state index contributed by atoms with van der Waals surface area (Å²) in [4.78, 5) is 6.37. The summed E-state index contributed by atoms with van der Waals surface area (Å²) in [5.41, 5.74) is 11.6. The average Bonchev–Trinajstić information content (AvgIpc) is 3.91. The Kier molecular flexibility index (Phi) is 6.21. The molecule has 12 rings (SSSR count). The summed E-state index contributed by atoms with van der Waals surface area (Å²) in [6, 6.07) is 66.5. The molecule has 1 N–H and O–H groups in total. The van der Waals surface area contributed by atoms with E-state index in [0.717, 1.165) is 28.3 Å². The van der Waals surface area contributed by atoms with Gasteiger partial charge >= 0.3 is 0 Å². The molecule has 0 bridgehead atoms. The zero-order valence-electron chi connectivity index (χ0n) is 29.1. The highest BCUT2D eigenvalue weighted by molar-refractivity contribution is 7.26. The number of H-pyrrole nitrogens is 1. The Labute approximate surface area is 314 Å². The normalized spacial score (nSPS) is 12.1. The van der Waals surface area contributed by atoms with Crippen LogP contribution in [0, 0.1) is 0 Å². The number of para-hydroxylation sites is 2. The van der Waals surface area contributed by atoms with E-state index >= 15 is 0 Å². The number of aromatic nitrogens is 2. The molecule has 9 aromatic carbocycles. The number of thiophene rings is 1. The van der Waals surface area contributed by atoms with E-state index in [9.17, 15) is 0 Å². The predicted octanol–water partition coefficient (Wildman–Crippen LogP) is 14.5. The number of fused-ring (bicyclic) bond motifs is 7. The first-order chi connectivity index (χ1) is 26.8. The number of anilines is 3. The van der Waals surface area contributed by atoms with E-state index in [2.05, 4.69) is 196 Å². The van der Waals surface area contributed by atoms with Crippen molar-refractivity contribution in [3.63, 3.8) is 0 Å². The van der Waals surface area contributed by atoms with E-state index in [4.69, 9.17) is 0 Å². The highest BCUT2D eigenvalue weighted by atomic mass is 32.1. The van der Waals surface area contributed by atoms with Gasteiger partial charge in [-0.05, 0) is 88.6 Å². The monoisotopic (exact) mass is 705 g/mol. The van der Waals surface area contributed by atoms with E-state index < -0.39 is 0 Å². The molecule has 0 aliphatic carbocycles. The number of nitrogens with one attached hydrogen (secondary N) is 1. The van der Waals surface area contributed by atoms with Crippen molar-refractivity contribution < 1.29 is 0 Å². The molecular weight excluding hydrogens is 675 g/mol. The van der Waals surface area contributed by atoms with Crippen molar-refractivity contribution >= 4 is 103 Å². The summed E-state index contributed by atoms with van der Waals surface area (Å²) >= 11 is 1.88. The molecule has 4 heteroatoms. The Morgan fingerprint density at radius 1 is 0.444 bits per heavy atom. The minimum Gasteiger partial charge on any atom is -0.353 e. The van der Waals surface area contributed by atoms with E-state index in [-0.39, 0.29) is 0 Å². The Bertz CT molecular complexity index is 3370. The maximum Gasteiger partial charge on any atom is 0.0652 e. The van der Waals surface area contributed by atoms with Crippen LogP contribution in [0.1, 0.15) is 0 Å². The Balaban J connectivity index is 1.11. The van der Waals surface area contributed by atoms with Crippen LogP contribution < -0.4 is 4.90 Å². The minimum absolute atomic E-state index is 1.10. The smallest absolute Gasteiger partial charge is 0.0652 e. The van der Waals surface area contributed by atoms with Gasteiger partial charge in [-0.1, -0.05) is 115 Å². The molecule has 54 heavy (non-hydrogen) atoms. The number of aromatic amines is 1. The van der Waals surface area contributed by atoms with Crippen molar-refractivity contribution in [1.82, 2.24) is 9.55 Å².